The minimum atomic E-state index is -0.112. The molecule has 0 spiro atoms. The van der Waals surface area contributed by atoms with Gasteiger partial charge in [-0.3, -0.25) is 14.3 Å². The van der Waals surface area contributed by atoms with Crippen LogP contribution < -0.4 is 17.0 Å². The molecule has 0 fully saturated rings. The van der Waals surface area contributed by atoms with Crippen LogP contribution in [0.25, 0.3) is 33.4 Å². The molecule has 152 valence electrons. The molecule has 7 nitrogen and oxygen atoms in total. The Morgan fingerprint density at radius 2 is 1.87 bits per heavy atom. The molecule has 0 aliphatic heterocycles. The van der Waals surface area contributed by atoms with Gasteiger partial charge in [0.15, 0.2) is 0 Å². The average molecular weight is 400 g/mol. The van der Waals surface area contributed by atoms with E-state index in [4.69, 9.17) is 11.5 Å². The number of rotatable bonds is 5. The van der Waals surface area contributed by atoms with E-state index >= 15 is 0 Å². The number of fused-ring (bicyclic) bond motifs is 1. The van der Waals surface area contributed by atoms with Crippen LogP contribution in [0.5, 0.6) is 0 Å². The Bertz CT molecular complexity index is 1290. The Hall–Kier alpha value is -3.58. The molecule has 0 aliphatic rings. The summed E-state index contributed by atoms with van der Waals surface area (Å²) in [6, 6.07) is 13.8. The van der Waals surface area contributed by atoms with Crippen molar-refractivity contribution < 1.29 is 0 Å². The third-order valence-corrected chi connectivity index (χ3v) is 5.13. The zero-order chi connectivity index (χ0) is 21.3. The number of hydrogen-bond donors (Lipinski definition) is 2. The van der Waals surface area contributed by atoms with Gasteiger partial charge in [-0.25, -0.2) is 4.98 Å². The molecule has 0 atom stereocenters. The van der Waals surface area contributed by atoms with Crippen molar-refractivity contribution in [3.63, 3.8) is 0 Å². The molecule has 0 unspecified atom stereocenters. The van der Waals surface area contributed by atoms with E-state index in [2.05, 4.69) is 21.0 Å². The summed E-state index contributed by atoms with van der Waals surface area (Å²) in [5.41, 5.74) is 17.2. The quantitative estimate of drug-likeness (QED) is 0.532. The van der Waals surface area contributed by atoms with Crippen molar-refractivity contribution >= 4 is 17.0 Å². The summed E-state index contributed by atoms with van der Waals surface area (Å²) >= 11 is 0. The van der Waals surface area contributed by atoms with Gasteiger partial charge in [0.05, 0.1) is 5.69 Å². The van der Waals surface area contributed by atoms with E-state index in [0.29, 0.717) is 30.7 Å². The normalized spacial score (nSPS) is 11.2. The third-order valence-electron chi connectivity index (χ3n) is 5.13. The molecule has 0 bridgehead atoms. The van der Waals surface area contributed by atoms with Crippen LogP contribution in [0.1, 0.15) is 17.7 Å². The van der Waals surface area contributed by atoms with Gasteiger partial charge in [0.25, 0.3) is 5.56 Å². The molecule has 0 saturated heterocycles. The van der Waals surface area contributed by atoms with Crippen LogP contribution in [-0.2, 0) is 6.54 Å². The van der Waals surface area contributed by atoms with Gasteiger partial charge in [-0.2, -0.15) is 4.98 Å². The lowest BCUT2D eigenvalue weighted by atomic mass is 9.97. The number of aryl methyl sites for hydroxylation is 3. The Kier molecular flexibility index (Phi) is 5.29. The minimum absolute atomic E-state index is 0.112. The molecule has 3 aromatic heterocycles. The number of benzene rings is 1. The Labute approximate surface area is 174 Å². The number of nitrogens with two attached hydrogens (primary N) is 2. The lowest BCUT2D eigenvalue weighted by molar-refractivity contribution is 0.646. The molecular formula is C23H24N6O. The van der Waals surface area contributed by atoms with Crippen LogP contribution in [0.4, 0.5) is 5.95 Å². The second kappa shape index (κ2) is 8.04. The van der Waals surface area contributed by atoms with Gasteiger partial charge in [-0.15, -0.1) is 0 Å². The largest absolute Gasteiger partial charge is 0.368 e. The van der Waals surface area contributed by atoms with Crippen molar-refractivity contribution in [3.8, 4) is 22.4 Å². The van der Waals surface area contributed by atoms with E-state index in [-0.39, 0.29) is 11.5 Å². The fraction of sp³-hybridized carbons (Fsp3) is 0.217. The van der Waals surface area contributed by atoms with Crippen molar-refractivity contribution in [1.29, 1.82) is 0 Å². The summed E-state index contributed by atoms with van der Waals surface area (Å²) in [7, 11) is 0. The van der Waals surface area contributed by atoms with E-state index in [0.717, 1.165) is 33.5 Å². The Morgan fingerprint density at radius 3 is 2.60 bits per heavy atom. The summed E-state index contributed by atoms with van der Waals surface area (Å²) in [5.74, 6) is 0.141. The fourth-order valence-corrected chi connectivity index (χ4v) is 3.65. The highest BCUT2D eigenvalue weighted by Crippen LogP contribution is 2.28. The predicted octanol–water partition coefficient (Wildman–Crippen LogP) is 3.07. The first kappa shape index (κ1) is 19.7. The standard InChI is InChI=1S/C23H24N6O/c1-14-11-16(20-6-3-5-15(2)27-20)7-8-18(14)19-12-17-13-26-23(25)28-21(17)29(22(19)30)10-4-9-24/h3,5-8,11-13H,4,9-10,24H2,1-2H3,(H2,25,26,28). The van der Waals surface area contributed by atoms with Crippen molar-refractivity contribution in [2.75, 3.05) is 12.3 Å². The van der Waals surface area contributed by atoms with Gasteiger partial charge in [0.2, 0.25) is 5.95 Å². The van der Waals surface area contributed by atoms with Gasteiger partial charge in [-0.05, 0) is 62.2 Å². The molecule has 1 aromatic carbocycles. The summed E-state index contributed by atoms with van der Waals surface area (Å²) in [6.07, 6.45) is 2.32. The molecule has 0 amide bonds. The molecule has 0 radical (unpaired) electrons. The average Bonchev–Trinajstić information content (AvgIpc) is 2.73. The van der Waals surface area contributed by atoms with Crippen LogP contribution in [0.3, 0.4) is 0 Å². The first-order valence-electron chi connectivity index (χ1n) is 9.89. The van der Waals surface area contributed by atoms with Gasteiger partial charge in [0.1, 0.15) is 5.65 Å². The molecule has 0 saturated carbocycles. The molecule has 4 N–H and O–H groups in total. The number of pyridine rings is 2. The number of aromatic nitrogens is 4. The summed E-state index contributed by atoms with van der Waals surface area (Å²) < 4.78 is 1.64. The zero-order valence-electron chi connectivity index (χ0n) is 17.1. The highest BCUT2D eigenvalue weighted by molar-refractivity contribution is 5.83. The molecule has 0 aliphatic carbocycles. The van der Waals surface area contributed by atoms with Crippen molar-refractivity contribution in [3.05, 3.63) is 70.3 Å². The van der Waals surface area contributed by atoms with Crippen LogP contribution in [-0.4, -0.2) is 26.1 Å². The van der Waals surface area contributed by atoms with E-state index in [1.807, 2.05) is 50.2 Å². The number of nitrogen functional groups attached to an aromatic ring is 1. The van der Waals surface area contributed by atoms with Crippen molar-refractivity contribution in [2.45, 2.75) is 26.8 Å². The minimum Gasteiger partial charge on any atom is -0.368 e. The Morgan fingerprint density at radius 1 is 1.03 bits per heavy atom. The highest BCUT2D eigenvalue weighted by Gasteiger charge is 2.15. The van der Waals surface area contributed by atoms with Crippen LogP contribution in [0.15, 0.2) is 53.5 Å². The molecule has 30 heavy (non-hydrogen) atoms. The Balaban J connectivity index is 1.88. The first-order valence-corrected chi connectivity index (χ1v) is 9.89. The molecule has 7 heteroatoms. The summed E-state index contributed by atoms with van der Waals surface area (Å²) in [5, 5.41) is 0.764. The molecule has 3 heterocycles. The summed E-state index contributed by atoms with van der Waals surface area (Å²) in [6.45, 7) is 4.93. The molecule has 4 aromatic rings. The van der Waals surface area contributed by atoms with Crippen LogP contribution >= 0.6 is 0 Å². The number of hydrogen-bond acceptors (Lipinski definition) is 6. The highest BCUT2D eigenvalue weighted by atomic mass is 16.1. The van der Waals surface area contributed by atoms with Gasteiger partial charge < -0.3 is 11.5 Å². The van der Waals surface area contributed by atoms with E-state index in [1.54, 1.807) is 10.8 Å². The molecular weight excluding hydrogens is 376 g/mol. The number of anilines is 1. The lowest BCUT2D eigenvalue weighted by Crippen LogP contribution is -2.24. The number of nitrogens with zero attached hydrogens (tertiary/aromatic N) is 4. The maximum Gasteiger partial charge on any atom is 0.260 e. The van der Waals surface area contributed by atoms with Crippen LogP contribution in [0, 0.1) is 13.8 Å². The predicted molar refractivity (Wildman–Crippen MR) is 120 cm³/mol. The maximum atomic E-state index is 13.4. The van der Waals surface area contributed by atoms with Crippen molar-refractivity contribution in [1.82, 2.24) is 19.5 Å². The maximum absolute atomic E-state index is 13.4. The summed E-state index contributed by atoms with van der Waals surface area (Å²) in [4.78, 5) is 26.3. The molecule has 4 rings (SSSR count). The SMILES string of the molecule is Cc1cccc(-c2ccc(-c3cc4cnc(N)nc4n(CCCN)c3=O)c(C)c2)n1. The van der Waals surface area contributed by atoms with Gasteiger partial charge >= 0.3 is 0 Å². The third kappa shape index (κ3) is 3.67. The smallest absolute Gasteiger partial charge is 0.260 e. The lowest BCUT2D eigenvalue weighted by Gasteiger charge is -2.14. The first-order chi connectivity index (χ1) is 14.5. The van der Waals surface area contributed by atoms with Gasteiger partial charge in [0, 0.05) is 34.9 Å². The van der Waals surface area contributed by atoms with E-state index in [9.17, 15) is 4.79 Å². The fourth-order valence-electron chi connectivity index (χ4n) is 3.65. The van der Waals surface area contributed by atoms with E-state index < -0.39 is 0 Å². The second-order valence-electron chi connectivity index (χ2n) is 7.36. The topological polar surface area (TPSA) is 113 Å². The van der Waals surface area contributed by atoms with E-state index in [1.165, 1.54) is 0 Å². The van der Waals surface area contributed by atoms with Gasteiger partial charge in [-0.1, -0.05) is 18.2 Å². The van der Waals surface area contributed by atoms with Crippen LogP contribution in [0.2, 0.25) is 0 Å². The monoisotopic (exact) mass is 400 g/mol. The second-order valence-corrected chi connectivity index (χ2v) is 7.36. The van der Waals surface area contributed by atoms with Crippen molar-refractivity contribution in [2.24, 2.45) is 5.73 Å². The zero-order valence-corrected chi connectivity index (χ0v) is 17.1.